The molecule has 1 unspecified atom stereocenters. The summed E-state index contributed by atoms with van der Waals surface area (Å²) in [6.07, 6.45) is 0.774. The fraction of sp³-hybridized carbons (Fsp3) is 0.211. The third-order valence-electron chi connectivity index (χ3n) is 3.80. The standard InChI is InChI=1S/C19H21N3S/c1-3-17(20)22-18(15-10-6-4-7-11-15)14(2)23-19(22)21-16-12-8-5-9-13-16/h4-13,17H,3,20H2,1-2H3/b21-19+. The van der Waals surface area contributed by atoms with Crippen LogP contribution in [0, 0.1) is 6.92 Å². The Hall–Kier alpha value is -2.17. The van der Waals surface area contributed by atoms with E-state index < -0.39 is 0 Å². The summed E-state index contributed by atoms with van der Waals surface area (Å²) in [5.41, 5.74) is 9.71. The van der Waals surface area contributed by atoms with E-state index in [1.165, 1.54) is 16.1 Å². The van der Waals surface area contributed by atoms with Gasteiger partial charge in [0, 0.05) is 4.88 Å². The molecule has 4 heteroatoms. The van der Waals surface area contributed by atoms with Crippen molar-refractivity contribution in [2.75, 3.05) is 0 Å². The molecule has 0 fully saturated rings. The van der Waals surface area contributed by atoms with E-state index in [0.29, 0.717) is 0 Å². The molecule has 3 rings (SSSR count). The highest BCUT2D eigenvalue weighted by Gasteiger charge is 2.16. The van der Waals surface area contributed by atoms with E-state index in [2.05, 4.69) is 42.7 Å². The van der Waals surface area contributed by atoms with Crippen LogP contribution in [-0.2, 0) is 0 Å². The van der Waals surface area contributed by atoms with Gasteiger partial charge in [-0.05, 0) is 31.0 Å². The fourth-order valence-corrected chi connectivity index (χ4v) is 3.68. The van der Waals surface area contributed by atoms with Crippen molar-refractivity contribution in [3.8, 4) is 11.3 Å². The molecule has 23 heavy (non-hydrogen) atoms. The zero-order valence-electron chi connectivity index (χ0n) is 13.4. The van der Waals surface area contributed by atoms with Crippen LogP contribution in [0.15, 0.2) is 65.7 Å². The monoisotopic (exact) mass is 323 g/mol. The molecule has 2 N–H and O–H groups in total. The lowest BCUT2D eigenvalue weighted by molar-refractivity contribution is 0.499. The fourth-order valence-electron chi connectivity index (χ4n) is 2.62. The summed E-state index contributed by atoms with van der Waals surface area (Å²) in [7, 11) is 0. The van der Waals surface area contributed by atoms with E-state index in [1.54, 1.807) is 11.3 Å². The van der Waals surface area contributed by atoms with Gasteiger partial charge in [-0.1, -0.05) is 55.5 Å². The number of thiazole rings is 1. The second-order valence-electron chi connectivity index (χ2n) is 5.45. The first-order valence-electron chi connectivity index (χ1n) is 7.83. The van der Waals surface area contributed by atoms with Gasteiger partial charge in [0.1, 0.15) is 0 Å². The van der Waals surface area contributed by atoms with Gasteiger partial charge in [0.25, 0.3) is 0 Å². The average Bonchev–Trinajstić information content (AvgIpc) is 2.91. The molecule has 0 bridgehead atoms. The lowest BCUT2D eigenvalue weighted by Crippen LogP contribution is -2.27. The summed E-state index contributed by atoms with van der Waals surface area (Å²) >= 11 is 1.69. The Morgan fingerprint density at radius 3 is 2.26 bits per heavy atom. The molecule has 0 aliphatic rings. The minimum absolute atomic E-state index is 0.0855. The number of nitrogens with zero attached hydrogens (tertiary/aromatic N) is 2. The molecule has 0 spiro atoms. The smallest absolute Gasteiger partial charge is 0.191 e. The van der Waals surface area contributed by atoms with Crippen LogP contribution in [-0.4, -0.2) is 4.57 Å². The number of nitrogens with two attached hydrogens (primary N) is 1. The first-order valence-corrected chi connectivity index (χ1v) is 8.65. The Morgan fingerprint density at radius 1 is 1.04 bits per heavy atom. The van der Waals surface area contributed by atoms with E-state index in [1.807, 2.05) is 36.4 Å². The highest BCUT2D eigenvalue weighted by atomic mass is 32.1. The molecular weight excluding hydrogens is 302 g/mol. The third kappa shape index (κ3) is 3.28. The minimum Gasteiger partial charge on any atom is -0.311 e. The van der Waals surface area contributed by atoms with Crippen molar-refractivity contribution < 1.29 is 0 Å². The zero-order chi connectivity index (χ0) is 16.2. The third-order valence-corrected chi connectivity index (χ3v) is 4.77. The van der Waals surface area contributed by atoms with Crippen molar-refractivity contribution >= 4 is 17.0 Å². The SMILES string of the molecule is CCC(N)n1c(-c2ccccc2)c(C)s/c1=N/c1ccccc1. The Morgan fingerprint density at radius 2 is 1.65 bits per heavy atom. The highest BCUT2D eigenvalue weighted by molar-refractivity contribution is 7.09. The second-order valence-corrected chi connectivity index (χ2v) is 6.63. The zero-order valence-corrected chi connectivity index (χ0v) is 14.3. The molecule has 0 radical (unpaired) electrons. The highest BCUT2D eigenvalue weighted by Crippen LogP contribution is 2.27. The molecule has 0 aliphatic heterocycles. The summed E-state index contributed by atoms with van der Waals surface area (Å²) in [5.74, 6) is 0. The summed E-state index contributed by atoms with van der Waals surface area (Å²) < 4.78 is 2.17. The average molecular weight is 323 g/mol. The first-order chi connectivity index (χ1) is 11.2. The van der Waals surface area contributed by atoms with Crippen molar-refractivity contribution in [1.29, 1.82) is 0 Å². The van der Waals surface area contributed by atoms with E-state index in [9.17, 15) is 0 Å². The van der Waals surface area contributed by atoms with Crippen molar-refractivity contribution in [2.24, 2.45) is 10.7 Å². The molecule has 1 atom stereocenters. The van der Waals surface area contributed by atoms with Crippen molar-refractivity contribution in [3.05, 3.63) is 70.3 Å². The van der Waals surface area contributed by atoms with E-state index in [4.69, 9.17) is 10.7 Å². The Kier molecular flexibility index (Phi) is 4.74. The first kappa shape index (κ1) is 15.7. The number of hydrogen-bond acceptors (Lipinski definition) is 3. The van der Waals surface area contributed by atoms with Gasteiger partial charge in [0.2, 0.25) is 0 Å². The lowest BCUT2D eigenvalue weighted by atomic mass is 10.1. The van der Waals surface area contributed by atoms with Crippen LogP contribution >= 0.6 is 11.3 Å². The van der Waals surface area contributed by atoms with Crippen LogP contribution in [0.2, 0.25) is 0 Å². The van der Waals surface area contributed by atoms with Gasteiger partial charge in [0.15, 0.2) is 4.80 Å². The molecule has 0 amide bonds. The van der Waals surface area contributed by atoms with Crippen LogP contribution in [0.5, 0.6) is 0 Å². The van der Waals surface area contributed by atoms with E-state index >= 15 is 0 Å². The lowest BCUT2D eigenvalue weighted by Gasteiger charge is -2.16. The molecule has 0 saturated carbocycles. The molecule has 1 aromatic heterocycles. The van der Waals surface area contributed by atoms with E-state index in [0.717, 1.165) is 16.9 Å². The van der Waals surface area contributed by atoms with E-state index in [-0.39, 0.29) is 6.17 Å². The van der Waals surface area contributed by atoms with Crippen LogP contribution < -0.4 is 10.5 Å². The van der Waals surface area contributed by atoms with Gasteiger partial charge in [0.05, 0.1) is 17.5 Å². The van der Waals surface area contributed by atoms with Gasteiger partial charge in [-0.25, -0.2) is 4.99 Å². The van der Waals surface area contributed by atoms with Gasteiger partial charge in [-0.3, -0.25) is 0 Å². The molecular formula is C19H21N3S. The van der Waals surface area contributed by atoms with Crippen molar-refractivity contribution in [1.82, 2.24) is 4.57 Å². The maximum atomic E-state index is 6.41. The van der Waals surface area contributed by atoms with Crippen molar-refractivity contribution in [3.63, 3.8) is 0 Å². The Labute approximate surface area is 140 Å². The number of hydrogen-bond donors (Lipinski definition) is 1. The second kappa shape index (κ2) is 6.94. The van der Waals surface area contributed by atoms with Gasteiger partial charge < -0.3 is 10.3 Å². The summed E-state index contributed by atoms with van der Waals surface area (Å²) in [6, 6.07) is 20.4. The van der Waals surface area contributed by atoms with Crippen molar-refractivity contribution in [2.45, 2.75) is 26.4 Å². The van der Waals surface area contributed by atoms with Crippen LogP contribution in [0.4, 0.5) is 5.69 Å². The number of aromatic nitrogens is 1. The van der Waals surface area contributed by atoms with Gasteiger partial charge in [-0.15, -0.1) is 11.3 Å². The molecule has 118 valence electrons. The summed E-state index contributed by atoms with van der Waals surface area (Å²) in [4.78, 5) is 7.00. The Bertz CT molecular complexity index is 832. The Balaban J connectivity index is 2.24. The maximum absolute atomic E-state index is 6.41. The predicted molar refractivity (Wildman–Crippen MR) is 97.7 cm³/mol. The predicted octanol–water partition coefficient (Wildman–Crippen LogP) is 4.62. The minimum atomic E-state index is -0.0855. The molecule has 3 aromatic rings. The largest absolute Gasteiger partial charge is 0.311 e. The molecule has 1 heterocycles. The van der Waals surface area contributed by atoms with Crippen LogP contribution in [0.1, 0.15) is 24.4 Å². The maximum Gasteiger partial charge on any atom is 0.191 e. The number of rotatable bonds is 4. The van der Waals surface area contributed by atoms with Gasteiger partial charge >= 0.3 is 0 Å². The number of aryl methyl sites for hydroxylation is 1. The van der Waals surface area contributed by atoms with Gasteiger partial charge in [-0.2, -0.15) is 0 Å². The topological polar surface area (TPSA) is 43.3 Å². The van der Waals surface area contributed by atoms with Crippen LogP contribution in [0.3, 0.4) is 0 Å². The number of para-hydroxylation sites is 1. The summed E-state index contributed by atoms with van der Waals surface area (Å²) in [5, 5.41) is 0. The summed E-state index contributed by atoms with van der Waals surface area (Å²) in [6.45, 7) is 4.24. The molecule has 3 nitrogen and oxygen atoms in total. The quantitative estimate of drug-likeness (QED) is 0.747. The normalized spacial score (nSPS) is 13.3. The number of benzene rings is 2. The van der Waals surface area contributed by atoms with Crippen LogP contribution in [0.25, 0.3) is 11.3 Å². The molecule has 2 aromatic carbocycles. The molecule has 0 saturated heterocycles. The molecule has 0 aliphatic carbocycles.